The molecule has 2 aromatic carbocycles. The Bertz CT molecular complexity index is 1080. The van der Waals surface area contributed by atoms with E-state index in [-0.39, 0.29) is 12.3 Å². The molecule has 1 aliphatic heterocycles. The number of carbonyl (C=O) groups excluding carboxylic acids is 1. The van der Waals surface area contributed by atoms with Gasteiger partial charge in [-0.15, -0.1) is 0 Å². The average Bonchev–Trinajstić information content (AvgIpc) is 2.88. The van der Waals surface area contributed by atoms with Crippen molar-refractivity contribution in [1.82, 2.24) is 9.97 Å². The zero-order valence-electron chi connectivity index (χ0n) is 16.6. The summed E-state index contributed by atoms with van der Waals surface area (Å²) < 4.78 is 10.6. The van der Waals surface area contributed by atoms with Crippen molar-refractivity contribution in [3.63, 3.8) is 0 Å². The lowest BCUT2D eigenvalue weighted by Gasteiger charge is -2.13. The fourth-order valence-corrected chi connectivity index (χ4v) is 3.36. The summed E-state index contributed by atoms with van der Waals surface area (Å²) in [6.45, 7) is 2.08. The first-order chi connectivity index (χ1) is 14.1. The highest BCUT2D eigenvalue weighted by molar-refractivity contribution is 6.00. The van der Waals surface area contributed by atoms with Crippen molar-refractivity contribution in [2.75, 3.05) is 24.9 Å². The molecule has 1 amide bonds. The molecule has 1 aliphatic rings. The van der Waals surface area contributed by atoms with Crippen LogP contribution in [0, 0.1) is 0 Å². The van der Waals surface area contributed by atoms with Gasteiger partial charge in [-0.1, -0.05) is 19.1 Å². The van der Waals surface area contributed by atoms with Gasteiger partial charge in [0.15, 0.2) is 11.5 Å². The van der Waals surface area contributed by atoms with Crippen molar-refractivity contribution in [1.29, 1.82) is 0 Å². The number of ether oxygens (including phenoxy) is 2. The largest absolute Gasteiger partial charge is 0.493 e. The van der Waals surface area contributed by atoms with Crippen LogP contribution in [0.5, 0.6) is 11.5 Å². The van der Waals surface area contributed by atoms with Gasteiger partial charge >= 0.3 is 0 Å². The van der Waals surface area contributed by atoms with Crippen LogP contribution in [0.2, 0.25) is 0 Å². The van der Waals surface area contributed by atoms with Crippen LogP contribution in [0.15, 0.2) is 42.6 Å². The van der Waals surface area contributed by atoms with Crippen LogP contribution < -0.4 is 20.1 Å². The van der Waals surface area contributed by atoms with Gasteiger partial charge in [0, 0.05) is 29.1 Å². The molecule has 7 nitrogen and oxygen atoms in total. The molecule has 0 radical (unpaired) electrons. The second-order valence-electron chi connectivity index (χ2n) is 6.72. The fraction of sp³-hybridized carbons (Fsp3) is 0.227. The van der Waals surface area contributed by atoms with Crippen LogP contribution in [0.25, 0.3) is 11.3 Å². The minimum atomic E-state index is -0.0672. The number of hydrogen-bond donors (Lipinski definition) is 2. The van der Waals surface area contributed by atoms with Crippen molar-refractivity contribution < 1.29 is 14.3 Å². The van der Waals surface area contributed by atoms with Gasteiger partial charge in [-0.3, -0.25) is 4.79 Å². The number of anilines is 3. The standard InChI is InChI=1S/C22H22N4O3/c1-4-13-5-7-16-17(9-13)25-20(27)10-14-12-23-22(26-21(14)16)24-15-6-8-18(28-2)19(11-15)29-3/h5-9,11-12H,4,10H2,1-3H3,(H,25,27)(H,23,24,26). The predicted molar refractivity (Wildman–Crippen MR) is 112 cm³/mol. The molecule has 0 unspecified atom stereocenters. The number of carbonyl (C=O) groups is 1. The molecular weight excluding hydrogens is 368 g/mol. The smallest absolute Gasteiger partial charge is 0.228 e. The topological polar surface area (TPSA) is 85.4 Å². The monoisotopic (exact) mass is 390 g/mol. The Morgan fingerprint density at radius 1 is 1.10 bits per heavy atom. The average molecular weight is 390 g/mol. The van der Waals surface area contributed by atoms with E-state index in [0.29, 0.717) is 17.4 Å². The number of nitrogens with zero attached hydrogens (tertiary/aromatic N) is 2. The van der Waals surface area contributed by atoms with Gasteiger partial charge in [0.05, 0.1) is 32.0 Å². The number of hydrogen-bond acceptors (Lipinski definition) is 6. The quantitative estimate of drug-likeness (QED) is 0.686. The lowest BCUT2D eigenvalue weighted by Crippen LogP contribution is -2.13. The van der Waals surface area contributed by atoms with E-state index < -0.39 is 0 Å². The van der Waals surface area contributed by atoms with Gasteiger partial charge in [0.25, 0.3) is 0 Å². The van der Waals surface area contributed by atoms with Crippen LogP contribution in [0.4, 0.5) is 17.3 Å². The first-order valence-electron chi connectivity index (χ1n) is 9.39. The zero-order chi connectivity index (χ0) is 20.4. The number of benzene rings is 2. The SMILES string of the molecule is CCc1ccc2c(c1)NC(=O)Cc1cnc(Nc3ccc(OC)c(OC)c3)nc1-2. The minimum absolute atomic E-state index is 0.0672. The molecule has 0 atom stereocenters. The summed E-state index contributed by atoms with van der Waals surface area (Å²) in [4.78, 5) is 21.4. The Morgan fingerprint density at radius 3 is 2.69 bits per heavy atom. The Morgan fingerprint density at radius 2 is 1.93 bits per heavy atom. The van der Waals surface area contributed by atoms with Crippen molar-refractivity contribution >= 4 is 23.2 Å². The third kappa shape index (κ3) is 3.71. The molecule has 148 valence electrons. The van der Waals surface area contributed by atoms with E-state index in [1.807, 2.05) is 30.3 Å². The van der Waals surface area contributed by atoms with Crippen molar-refractivity contribution in [2.24, 2.45) is 0 Å². The van der Waals surface area contributed by atoms with Crippen LogP contribution >= 0.6 is 0 Å². The second-order valence-corrected chi connectivity index (χ2v) is 6.72. The van der Waals surface area contributed by atoms with Crippen LogP contribution in [0.3, 0.4) is 0 Å². The number of aryl methyl sites for hydroxylation is 1. The van der Waals surface area contributed by atoms with E-state index in [2.05, 4.69) is 28.6 Å². The highest BCUT2D eigenvalue weighted by Crippen LogP contribution is 2.35. The Kier molecular flexibility index (Phi) is 5.03. The first-order valence-corrected chi connectivity index (χ1v) is 9.39. The van der Waals surface area contributed by atoms with Gasteiger partial charge in [-0.2, -0.15) is 0 Å². The molecule has 0 bridgehead atoms. The number of methoxy groups -OCH3 is 2. The number of amides is 1. The lowest BCUT2D eigenvalue weighted by atomic mass is 10.0. The highest BCUT2D eigenvalue weighted by Gasteiger charge is 2.21. The first kappa shape index (κ1) is 18.7. The number of rotatable bonds is 5. The van der Waals surface area contributed by atoms with Gasteiger partial charge < -0.3 is 20.1 Å². The lowest BCUT2D eigenvalue weighted by molar-refractivity contribution is -0.115. The van der Waals surface area contributed by atoms with E-state index in [0.717, 1.165) is 40.2 Å². The summed E-state index contributed by atoms with van der Waals surface area (Å²) in [5.41, 5.74) is 5.14. The summed E-state index contributed by atoms with van der Waals surface area (Å²) in [7, 11) is 3.18. The molecule has 7 heteroatoms. The molecule has 3 aromatic rings. The molecular formula is C22H22N4O3. The summed E-state index contributed by atoms with van der Waals surface area (Å²) in [5, 5.41) is 6.19. The van der Waals surface area contributed by atoms with Gasteiger partial charge in [0.1, 0.15) is 0 Å². The Labute approximate surface area is 169 Å². The molecule has 0 fully saturated rings. The Balaban J connectivity index is 1.73. The summed E-state index contributed by atoms with van der Waals surface area (Å²) in [6, 6.07) is 11.6. The second kappa shape index (κ2) is 7.79. The maximum absolute atomic E-state index is 12.3. The van der Waals surface area contributed by atoms with Crippen molar-refractivity contribution in [3.8, 4) is 22.8 Å². The molecule has 29 heavy (non-hydrogen) atoms. The van der Waals surface area contributed by atoms with Crippen molar-refractivity contribution in [3.05, 3.63) is 53.7 Å². The van der Waals surface area contributed by atoms with E-state index in [1.165, 1.54) is 0 Å². The third-order valence-electron chi connectivity index (χ3n) is 4.88. The van der Waals surface area contributed by atoms with Gasteiger partial charge in [0.2, 0.25) is 11.9 Å². The number of nitrogens with one attached hydrogen (secondary N) is 2. The number of fused-ring (bicyclic) bond motifs is 3. The molecule has 2 N–H and O–H groups in total. The van der Waals surface area contributed by atoms with E-state index >= 15 is 0 Å². The highest BCUT2D eigenvalue weighted by atomic mass is 16.5. The summed E-state index contributed by atoms with van der Waals surface area (Å²) in [5.74, 6) is 1.63. The molecule has 0 aliphatic carbocycles. The van der Waals surface area contributed by atoms with Gasteiger partial charge in [-0.25, -0.2) is 9.97 Å². The molecule has 4 rings (SSSR count). The van der Waals surface area contributed by atoms with Crippen LogP contribution in [0.1, 0.15) is 18.1 Å². The molecule has 0 spiro atoms. The summed E-state index contributed by atoms with van der Waals surface area (Å²) >= 11 is 0. The number of aromatic nitrogens is 2. The zero-order valence-corrected chi connectivity index (χ0v) is 16.6. The third-order valence-corrected chi connectivity index (χ3v) is 4.88. The fourth-order valence-electron chi connectivity index (χ4n) is 3.36. The molecule has 2 heterocycles. The molecule has 0 saturated heterocycles. The van der Waals surface area contributed by atoms with E-state index in [4.69, 9.17) is 14.5 Å². The predicted octanol–water partition coefficient (Wildman–Crippen LogP) is 3.96. The Hall–Kier alpha value is -3.61. The molecule has 0 saturated carbocycles. The summed E-state index contributed by atoms with van der Waals surface area (Å²) in [6.07, 6.45) is 2.84. The van der Waals surface area contributed by atoms with Gasteiger partial charge in [-0.05, 0) is 30.2 Å². The van der Waals surface area contributed by atoms with Crippen molar-refractivity contribution in [2.45, 2.75) is 19.8 Å². The van der Waals surface area contributed by atoms with Crippen LogP contribution in [-0.4, -0.2) is 30.1 Å². The minimum Gasteiger partial charge on any atom is -0.493 e. The maximum atomic E-state index is 12.3. The normalized spacial score (nSPS) is 12.3. The van der Waals surface area contributed by atoms with E-state index in [1.54, 1.807) is 20.4 Å². The van der Waals surface area contributed by atoms with E-state index in [9.17, 15) is 4.79 Å². The maximum Gasteiger partial charge on any atom is 0.228 e. The molecule has 1 aromatic heterocycles. The van der Waals surface area contributed by atoms with Crippen LogP contribution in [-0.2, 0) is 17.6 Å².